The first-order valence-electron chi connectivity index (χ1n) is 10.6. The summed E-state index contributed by atoms with van der Waals surface area (Å²) in [6.45, 7) is 3.98. The Morgan fingerprint density at radius 3 is 2.52 bits per heavy atom. The van der Waals surface area contributed by atoms with Gasteiger partial charge in [0.1, 0.15) is 11.1 Å². The highest BCUT2D eigenvalue weighted by Gasteiger charge is 2.38. The van der Waals surface area contributed by atoms with Gasteiger partial charge in [0.2, 0.25) is 11.1 Å². The fourth-order valence-electron chi connectivity index (χ4n) is 3.91. The number of amides is 1. The van der Waals surface area contributed by atoms with E-state index in [1.54, 1.807) is 16.8 Å². The van der Waals surface area contributed by atoms with Crippen LogP contribution >= 0.6 is 11.8 Å². The molecule has 5 rings (SSSR count). The molecule has 0 spiro atoms. The molecule has 0 saturated carbocycles. The monoisotopic (exact) mass is 459 g/mol. The zero-order valence-electron chi connectivity index (χ0n) is 18.1. The van der Waals surface area contributed by atoms with E-state index >= 15 is 0 Å². The van der Waals surface area contributed by atoms with E-state index in [-0.39, 0.29) is 11.7 Å². The molecule has 2 atom stereocenters. The number of thioether (sulfide) groups is 1. The van der Waals surface area contributed by atoms with Crippen molar-refractivity contribution in [3.63, 3.8) is 0 Å². The number of halogens is 1. The van der Waals surface area contributed by atoms with Gasteiger partial charge in [-0.3, -0.25) is 4.79 Å². The summed E-state index contributed by atoms with van der Waals surface area (Å²) in [6, 6.07) is 21.4. The maximum absolute atomic E-state index is 13.6. The predicted molar refractivity (Wildman–Crippen MR) is 128 cm³/mol. The molecule has 8 heteroatoms. The summed E-state index contributed by atoms with van der Waals surface area (Å²) in [5, 5.41) is 11.8. The second-order valence-electron chi connectivity index (χ2n) is 8.01. The van der Waals surface area contributed by atoms with Crippen LogP contribution in [0.1, 0.15) is 22.7 Å². The van der Waals surface area contributed by atoms with Gasteiger partial charge < -0.3 is 10.7 Å². The summed E-state index contributed by atoms with van der Waals surface area (Å²) in [4.78, 5) is 13.4. The Bertz CT molecular complexity index is 1310. The molecule has 0 fully saturated rings. The Labute approximate surface area is 195 Å². The van der Waals surface area contributed by atoms with Crippen molar-refractivity contribution in [1.29, 1.82) is 0 Å². The summed E-state index contributed by atoms with van der Waals surface area (Å²) in [6.07, 6.45) is 0. The van der Waals surface area contributed by atoms with E-state index in [9.17, 15) is 9.18 Å². The number of carbonyl (C=O) groups excluding carboxylic acids is 1. The molecule has 6 nitrogen and oxygen atoms in total. The highest BCUT2D eigenvalue weighted by atomic mass is 32.2. The molecule has 1 amide bonds. The third kappa shape index (κ3) is 4.21. The van der Waals surface area contributed by atoms with E-state index in [1.165, 1.54) is 23.9 Å². The number of aryl methyl sites for hydroxylation is 2. The summed E-state index contributed by atoms with van der Waals surface area (Å²) >= 11 is 1.34. The standard InChI is InChI=1S/C25H22FN5OS/c1-15-8-13-20(16(2)14-15)27-24(32)22-21(17-9-11-19(26)12-10-17)30-31-23(28-29-25(31)33-22)18-6-4-3-5-7-18/h3-14,21-22,30H,1-2H3,(H,27,32)/t21-,22-/m1/s1. The van der Waals surface area contributed by atoms with Crippen LogP contribution < -0.4 is 10.7 Å². The summed E-state index contributed by atoms with van der Waals surface area (Å²) < 4.78 is 15.4. The van der Waals surface area contributed by atoms with Crippen molar-refractivity contribution < 1.29 is 9.18 Å². The Balaban J connectivity index is 1.51. The van der Waals surface area contributed by atoms with Crippen LogP contribution in [0.5, 0.6) is 0 Å². The lowest BCUT2D eigenvalue weighted by Crippen LogP contribution is -2.41. The van der Waals surface area contributed by atoms with Gasteiger partial charge in [0.15, 0.2) is 5.82 Å². The van der Waals surface area contributed by atoms with Gasteiger partial charge in [-0.05, 0) is 43.2 Å². The lowest BCUT2D eigenvalue weighted by molar-refractivity contribution is -0.116. The number of hydrogen-bond donors (Lipinski definition) is 2. The first-order valence-corrected chi connectivity index (χ1v) is 11.5. The number of benzene rings is 3. The van der Waals surface area contributed by atoms with Gasteiger partial charge in [0, 0.05) is 11.3 Å². The maximum Gasteiger partial charge on any atom is 0.240 e. The highest BCUT2D eigenvalue weighted by Crippen LogP contribution is 2.39. The SMILES string of the molecule is Cc1ccc(NC(=O)[C@@H]2Sc3nnc(-c4ccccc4)n3N[C@@H]2c2ccc(F)cc2)c(C)c1. The molecular formula is C25H22FN5OS. The third-order valence-electron chi connectivity index (χ3n) is 5.60. The summed E-state index contributed by atoms with van der Waals surface area (Å²) in [7, 11) is 0. The van der Waals surface area contributed by atoms with E-state index in [1.807, 2.05) is 62.4 Å². The molecule has 0 radical (unpaired) electrons. The van der Waals surface area contributed by atoms with Crippen molar-refractivity contribution in [3.05, 3.63) is 95.3 Å². The normalized spacial score (nSPS) is 17.2. The van der Waals surface area contributed by atoms with Gasteiger partial charge >= 0.3 is 0 Å². The zero-order valence-corrected chi connectivity index (χ0v) is 18.9. The van der Waals surface area contributed by atoms with Gasteiger partial charge in [-0.2, -0.15) is 0 Å². The van der Waals surface area contributed by atoms with Crippen LogP contribution in [-0.4, -0.2) is 26.0 Å². The van der Waals surface area contributed by atoms with Crippen LogP contribution in [-0.2, 0) is 4.79 Å². The van der Waals surface area contributed by atoms with Crippen molar-refractivity contribution in [2.75, 3.05) is 10.7 Å². The lowest BCUT2D eigenvalue weighted by atomic mass is 10.0. The fourth-order valence-corrected chi connectivity index (χ4v) is 4.99. The van der Waals surface area contributed by atoms with Crippen molar-refractivity contribution in [1.82, 2.24) is 14.9 Å². The molecule has 1 aromatic heterocycles. The minimum absolute atomic E-state index is 0.163. The molecule has 1 aliphatic rings. The second-order valence-corrected chi connectivity index (χ2v) is 9.12. The zero-order chi connectivity index (χ0) is 22.9. The van der Waals surface area contributed by atoms with E-state index in [2.05, 4.69) is 20.9 Å². The van der Waals surface area contributed by atoms with Gasteiger partial charge in [0.25, 0.3) is 0 Å². The molecule has 0 bridgehead atoms. The quantitative estimate of drug-likeness (QED) is 0.444. The van der Waals surface area contributed by atoms with E-state index in [4.69, 9.17) is 0 Å². The highest BCUT2D eigenvalue weighted by molar-refractivity contribution is 8.00. The number of rotatable bonds is 4. The molecule has 2 heterocycles. The van der Waals surface area contributed by atoms with Gasteiger partial charge in [-0.15, -0.1) is 10.2 Å². The first kappa shape index (κ1) is 21.2. The Morgan fingerprint density at radius 2 is 1.79 bits per heavy atom. The van der Waals surface area contributed by atoms with E-state index in [0.717, 1.165) is 27.9 Å². The molecular weight excluding hydrogens is 437 g/mol. The van der Waals surface area contributed by atoms with Crippen LogP contribution in [0.4, 0.5) is 10.1 Å². The van der Waals surface area contributed by atoms with Gasteiger partial charge in [-0.1, -0.05) is 71.9 Å². The van der Waals surface area contributed by atoms with Crippen LogP contribution in [0.3, 0.4) is 0 Å². The van der Waals surface area contributed by atoms with Crippen LogP contribution in [0.2, 0.25) is 0 Å². The van der Waals surface area contributed by atoms with Crippen LogP contribution in [0.15, 0.2) is 78.0 Å². The molecule has 1 aliphatic heterocycles. The maximum atomic E-state index is 13.6. The number of aromatic nitrogens is 3. The molecule has 0 aliphatic carbocycles. The van der Waals surface area contributed by atoms with Crippen molar-refractivity contribution >= 4 is 23.4 Å². The Hall–Kier alpha value is -3.65. The van der Waals surface area contributed by atoms with Crippen LogP contribution in [0, 0.1) is 19.7 Å². The van der Waals surface area contributed by atoms with E-state index in [0.29, 0.717) is 11.0 Å². The van der Waals surface area contributed by atoms with Gasteiger partial charge in [0.05, 0.1) is 6.04 Å². The first-order chi connectivity index (χ1) is 16.0. The predicted octanol–water partition coefficient (Wildman–Crippen LogP) is 5.10. The molecule has 166 valence electrons. The van der Waals surface area contributed by atoms with Crippen molar-refractivity contribution in [2.45, 2.75) is 30.3 Å². The number of anilines is 1. The number of fused-ring (bicyclic) bond motifs is 1. The Morgan fingerprint density at radius 1 is 1.03 bits per heavy atom. The number of nitrogens with one attached hydrogen (secondary N) is 2. The minimum atomic E-state index is -0.545. The molecule has 0 unspecified atom stereocenters. The van der Waals surface area contributed by atoms with E-state index < -0.39 is 11.3 Å². The molecule has 0 saturated heterocycles. The second kappa shape index (κ2) is 8.71. The van der Waals surface area contributed by atoms with Crippen LogP contribution in [0.25, 0.3) is 11.4 Å². The third-order valence-corrected chi connectivity index (χ3v) is 6.81. The summed E-state index contributed by atoms with van der Waals surface area (Å²) in [5.74, 6) is 0.163. The Kier molecular flexibility index (Phi) is 5.60. The molecule has 2 N–H and O–H groups in total. The lowest BCUT2D eigenvalue weighted by Gasteiger charge is -2.33. The average molecular weight is 460 g/mol. The summed E-state index contributed by atoms with van der Waals surface area (Å²) in [5.41, 5.74) is 7.99. The minimum Gasteiger partial charge on any atom is -0.325 e. The van der Waals surface area contributed by atoms with Gasteiger partial charge in [-0.25, -0.2) is 9.07 Å². The largest absolute Gasteiger partial charge is 0.325 e. The number of hydrogen-bond acceptors (Lipinski definition) is 5. The molecule has 3 aromatic carbocycles. The average Bonchev–Trinajstić information content (AvgIpc) is 3.24. The number of nitrogens with zero attached hydrogens (tertiary/aromatic N) is 3. The number of carbonyl (C=O) groups is 1. The van der Waals surface area contributed by atoms with Crippen molar-refractivity contribution in [3.8, 4) is 11.4 Å². The molecule has 4 aromatic rings. The smallest absolute Gasteiger partial charge is 0.240 e. The molecule has 33 heavy (non-hydrogen) atoms. The van der Waals surface area contributed by atoms with Crippen molar-refractivity contribution in [2.24, 2.45) is 0 Å². The topological polar surface area (TPSA) is 71.8 Å². The fraction of sp³-hybridized carbons (Fsp3) is 0.160.